The highest BCUT2D eigenvalue weighted by Crippen LogP contribution is 2.30. The van der Waals surface area contributed by atoms with Gasteiger partial charge in [0.1, 0.15) is 5.75 Å². The minimum Gasteiger partial charge on any atom is -0.478 e. The summed E-state index contributed by atoms with van der Waals surface area (Å²) in [6.07, 6.45) is 0. The largest absolute Gasteiger partial charge is 0.478 e. The molecule has 2 rings (SSSR count). The van der Waals surface area contributed by atoms with E-state index in [9.17, 15) is 9.18 Å². The number of carboxylic acid groups (broad SMARTS) is 1. The van der Waals surface area contributed by atoms with Gasteiger partial charge in [0.15, 0.2) is 11.6 Å². The standard InChI is InChI=1S/C13H7Cl2FO3/c14-8-4-9(15)6-10(5-8)19-12-2-1-7(13(17)18)3-11(12)16/h1-6H,(H,17,18). The molecular weight excluding hydrogens is 294 g/mol. The molecule has 0 saturated carbocycles. The van der Waals surface area contributed by atoms with Crippen LogP contribution in [0.5, 0.6) is 11.5 Å². The Balaban J connectivity index is 2.30. The van der Waals surface area contributed by atoms with Gasteiger partial charge in [-0.25, -0.2) is 9.18 Å². The Bertz CT molecular complexity index is 624. The van der Waals surface area contributed by atoms with Gasteiger partial charge in [0.05, 0.1) is 5.56 Å². The third-order valence-electron chi connectivity index (χ3n) is 2.24. The van der Waals surface area contributed by atoms with Crippen LogP contribution >= 0.6 is 23.2 Å². The van der Waals surface area contributed by atoms with Crippen molar-refractivity contribution in [3.8, 4) is 11.5 Å². The van der Waals surface area contributed by atoms with Crippen LogP contribution in [0.4, 0.5) is 4.39 Å². The van der Waals surface area contributed by atoms with Crippen molar-refractivity contribution in [1.29, 1.82) is 0 Å². The third kappa shape index (κ3) is 3.36. The van der Waals surface area contributed by atoms with E-state index < -0.39 is 11.8 Å². The maximum atomic E-state index is 13.6. The number of carboxylic acids is 1. The molecule has 0 spiro atoms. The molecule has 1 N–H and O–H groups in total. The normalized spacial score (nSPS) is 10.3. The lowest BCUT2D eigenvalue weighted by Crippen LogP contribution is -1.98. The summed E-state index contributed by atoms with van der Waals surface area (Å²) >= 11 is 11.6. The highest BCUT2D eigenvalue weighted by atomic mass is 35.5. The van der Waals surface area contributed by atoms with E-state index in [1.165, 1.54) is 30.3 Å². The summed E-state index contributed by atoms with van der Waals surface area (Å²) in [5.74, 6) is -1.84. The van der Waals surface area contributed by atoms with E-state index in [1.807, 2.05) is 0 Å². The van der Waals surface area contributed by atoms with Crippen molar-refractivity contribution in [3.63, 3.8) is 0 Å². The van der Waals surface area contributed by atoms with Crippen LogP contribution in [-0.2, 0) is 0 Å². The van der Waals surface area contributed by atoms with Crippen LogP contribution in [0.2, 0.25) is 10.0 Å². The van der Waals surface area contributed by atoms with Gasteiger partial charge in [0, 0.05) is 10.0 Å². The van der Waals surface area contributed by atoms with Gasteiger partial charge in [-0.2, -0.15) is 0 Å². The Morgan fingerprint density at radius 3 is 2.26 bits per heavy atom. The second kappa shape index (κ2) is 5.47. The summed E-state index contributed by atoms with van der Waals surface area (Å²) in [4.78, 5) is 10.7. The molecule has 0 unspecified atom stereocenters. The van der Waals surface area contributed by atoms with Gasteiger partial charge in [-0.05, 0) is 36.4 Å². The van der Waals surface area contributed by atoms with Crippen LogP contribution in [0.1, 0.15) is 10.4 Å². The highest BCUT2D eigenvalue weighted by molar-refractivity contribution is 6.34. The molecule has 0 bridgehead atoms. The number of hydrogen-bond donors (Lipinski definition) is 1. The molecule has 0 fully saturated rings. The van der Waals surface area contributed by atoms with Gasteiger partial charge < -0.3 is 9.84 Å². The van der Waals surface area contributed by atoms with E-state index in [0.717, 1.165) is 6.07 Å². The van der Waals surface area contributed by atoms with Crippen LogP contribution in [0.15, 0.2) is 36.4 Å². The first-order valence-corrected chi connectivity index (χ1v) is 5.88. The maximum absolute atomic E-state index is 13.6. The molecule has 98 valence electrons. The number of rotatable bonds is 3. The summed E-state index contributed by atoms with van der Waals surface area (Å²) in [6.45, 7) is 0. The lowest BCUT2D eigenvalue weighted by atomic mass is 10.2. The van der Waals surface area contributed by atoms with Gasteiger partial charge in [0.25, 0.3) is 0 Å². The summed E-state index contributed by atoms with van der Waals surface area (Å²) < 4.78 is 18.9. The second-order valence-electron chi connectivity index (χ2n) is 3.66. The van der Waals surface area contributed by atoms with E-state index in [1.54, 1.807) is 0 Å². The maximum Gasteiger partial charge on any atom is 0.335 e. The van der Waals surface area contributed by atoms with Gasteiger partial charge in [-0.15, -0.1) is 0 Å². The van der Waals surface area contributed by atoms with Crippen LogP contribution in [0.25, 0.3) is 0 Å². The highest BCUT2D eigenvalue weighted by Gasteiger charge is 2.10. The zero-order valence-electron chi connectivity index (χ0n) is 9.36. The topological polar surface area (TPSA) is 46.5 Å². The minimum absolute atomic E-state index is 0.108. The number of aromatic carboxylic acids is 1. The lowest BCUT2D eigenvalue weighted by molar-refractivity contribution is 0.0696. The first-order valence-electron chi connectivity index (χ1n) is 5.12. The van der Waals surface area contributed by atoms with Crippen LogP contribution in [0.3, 0.4) is 0 Å². The fourth-order valence-corrected chi connectivity index (χ4v) is 1.94. The summed E-state index contributed by atoms with van der Waals surface area (Å²) in [5, 5.41) is 9.42. The van der Waals surface area contributed by atoms with Crippen LogP contribution < -0.4 is 4.74 Å². The van der Waals surface area contributed by atoms with Crippen molar-refractivity contribution < 1.29 is 19.0 Å². The molecule has 19 heavy (non-hydrogen) atoms. The van der Waals surface area contributed by atoms with E-state index in [0.29, 0.717) is 10.0 Å². The molecule has 6 heteroatoms. The number of ether oxygens (including phenoxy) is 1. The molecule has 0 aliphatic heterocycles. The number of halogens is 3. The smallest absolute Gasteiger partial charge is 0.335 e. The van der Waals surface area contributed by atoms with Crippen molar-refractivity contribution in [2.75, 3.05) is 0 Å². The lowest BCUT2D eigenvalue weighted by Gasteiger charge is -2.08. The zero-order chi connectivity index (χ0) is 14.0. The van der Waals surface area contributed by atoms with Crippen LogP contribution in [0, 0.1) is 5.82 Å². The molecule has 0 aliphatic carbocycles. The van der Waals surface area contributed by atoms with Crippen molar-refractivity contribution >= 4 is 29.2 Å². The molecular formula is C13H7Cl2FO3. The molecule has 0 aromatic heterocycles. The quantitative estimate of drug-likeness (QED) is 0.899. The average Bonchev–Trinajstić information content (AvgIpc) is 2.30. The molecule has 0 heterocycles. The molecule has 0 saturated heterocycles. The first kappa shape index (κ1) is 13.6. The van der Waals surface area contributed by atoms with Crippen molar-refractivity contribution in [3.05, 3.63) is 57.8 Å². The SMILES string of the molecule is O=C(O)c1ccc(Oc2cc(Cl)cc(Cl)c2)c(F)c1. The predicted molar refractivity (Wildman–Crippen MR) is 69.9 cm³/mol. The van der Waals surface area contributed by atoms with E-state index in [-0.39, 0.29) is 17.1 Å². The first-order chi connectivity index (χ1) is 8.95. The average molecular weight is 301 g/mol. The molecule has 2 aromatic carbocycles. The van der Waals surface area contributed by atoms with Crippen molar-refractivity contribution in [2.45, 2.75) is 0 Å². The molecule has 0 aliphatic rings. The van der Waals surface area contributed by atoms with Gasteiger partial charge in [0.2, 0.25) is 0 Å². The zero-order valence-corrected chi connectivity index (χ0v) is 10.9. The Hall–Kier alpha value is -1.78. The Labute approximate surface area is 118 Å². The second-order valence-corrected chi connectivity index (χ2v) is 4.53. The van der Waals surface area contributed by atoms with Crippen molar-refractivity contribution in [1.82, 2.24) is 0 Å². The summed E-state index contributed by atoms with van der Waals surface area (Å²) in [6, 6.07) is 7.81. The number of hydrogen-bond acceptors (Lipinski definition) is 2. The fourth-order valence-electron chi connectivity index (χ4n) is 1.43. The Morgan fingerprint density at radius 2 is 1.74 bits per heavy atom. The molecule has 0 atom stereocenters. The van der Waals surface area contributed by atoms with Gasteiger partial charge in [-0.3, -0.25) is 0 Å². The molecule has 3 nitrogen and oxygen atoms in total. The van der Waals surface area contributed by atoms with Crippen LogP contribution in [-0.4, -0.2) is 11.1 Å². The fraction of sp³-hybridized carbons (Fsp3) is 0. The van der Waals surface area contributed by atoms with E-state index in [2.05, 4.69) is 0 Å². The van der Waals surface area contributed by atoms with Crippen molar-refractivity contribution in [2.24, 2.45) is 0 Å². The number of carbonyl (C=O) groups is 1. The Morgan fingerprint density at radius 1 is 1.11 bits per heavy atom. The van der Waals surface area contributed by atoms with E-state index >= 15 is 0 Å². The molecule has 0 radical (unpaired) electrons. The summed E-state index contributed by atoms with van der Waals surface area (Å²) in [5.41, 5.74) is -0.158. The minimum atomic E-state index is -1.21. The monoisotopic (exact) mass is 300 g/mol. The van der Waals surface area contributed by atoms with Gasteiger partial charge in [-0.1, -0.05) is 23.2 Å². The Kier molecular flexibility index (Phi) is 3.93. The van der Waals surface area contributed by atoms with Gasteiger partial charge >= 0.3 is 5.97 Å². The third-order valence-corrected chi connectivity index (χ3v) is 2.68. The predicted octanol–water partition coefficient (Wildman–Crippen LogP) is 4.62. The summed E-state index contributed by atoms with van der Waals surface area (Å²) in [7, 11) is 0. The number of benzene rings is 2. The van der Waals surface area contributed by atoms with E-state index in [4.69, 9.17) is 33.0 Å². The molecule has 2 aromatic rings. The molecule has 0 amide bonds.